The minimum atomic E-state index is -3.93. The quantitative estimate of drug-likeness (QED) is 0.510. The maximum Gasteiger partial charge on any atom is 0.240 e. The van der Waals surface area contributed by atoms with Crippen molar-refractivity contribution < 1.29 is 13.2 Å². The van der Waals surface area contributed by atoms with Crippen molar-refractivity contribution in [3.63, 3.8) is 0 Å². The zero-order chi connectivity index (χ0) is 23.4. The normalized spacial score (nSPS) is 20.4. The molecule has 0 bridgehead atoms. The highest BCUT2D eigenvalue weighted by Gasteiger charge is 2.65. The van der Waals surface area contributed by atoms with E-state index in [9.17, 15) is 8.42 Å². The smallest absolute Gasteiger partial charge is 0.240 e. The molecule has 3 heterocycles. The van der Waals surface area contributed by atoms with Crippen LogP contribution in [0, 0.1) is 12.3 Å². The summed E-state index contributed by atoms with van der Waals surface area (Å²) in [5, 5.41) is 7.90. The van der Waals surface area contributed by atoms with Crippen molar-refractivity contribution in [3.8, 4) is 11.4 Å². The molecule has 0 aliphatic heterocycles. The third kappa shape index (κ3) is 4.09. The van der Waals surface area contributed by atoms with Crippen molar-refractivity contribution in [3.05, 3.63) is 47.3 Å². The van der Waals surface area contributed by atoms with Crippen molar-refractivity contribution in [1.82, 2.24) is 29.7 Å². The molecule has 0 saturated heterocycles. The van der Waals surface area contributed by atoms with E-state index < -0.39 is 21.4 Å². The molecule has 2 aliphatic rings. The van der Waals surface area contributed by atoms with Gasteiger partial charge in [-0.05, 0) is 50.2 Å². The Kier molecular flexibility index (Phi) is 5.37. The van der Waals surface area contributed by atoms with E-state index in [0.29, 0.717) is 10.8 Å². The molecule has 0 radical (unpaired) electrons. The molecular formula is C21H24ClN7O3S. The highest BCUT2D eigenvalue weighted by atomic mass is 35.5. The number of ether oxygens (including phenoxy) is 1. The Morgan fingerprint density at radius 1 is 1.21 bits per heavy atom. The minimum Gasteiger partial charge on any atom is -0.372 e. The van der Waals surface area contributed by atoms with Gasteiger partial charge in [0.25, 0.3) is 0 Å². The highest BCUT2D eigenvalue weighted by Crippen LogP contribution is 2.73. The average molecular weight is 490 g/mol. The van der Waals surface area contributed by atoms with Crippen molar-refractivity contribution in [2.24, 2.45) is 5.41 Å². The molecule has 2 saturated carbocycles. The minimum absolute atomic E-state index is 0.161. The van der Waals surface area contributed by atoms with E-state index in [1.54, 1.807) is 19.3 Å². The standard InChI is InChI=1S/C21H24ClN7O3S/c1-12-6-14(9-23-8-12)19-26-27-20(29(19)16-7-21(16)4-5-21)28-33(30,31)13(2)17(32-3)18-24-10-15(22)11-25-18/h6,8-11,13,16-17H,4-5,7H2,1-3H3,(H,27,28)/t13-,16+,17-/m0/s1. The van der Waals surface area contributed by atoms with Crippen molar-refractivity contribution in [1.29, 1.82) is 0 Å². The summed E-state index contributed by atoms with van der Waals surface area (Å²) in [7, 11) is -2.51. The summed E-state index contributed by atoms with van der Waals surface area (Å²) in [6.45, 7) is 3.49. The lowest BCUT2D eigenvalue weighted by atomic mass is 10.2. The number of sulfonamides is 1. The van der Waals surface area contributed by atoms with Gasteiger partial charge < -0.3 is 4.74 Å². The number of aromatic nitrogens is 6. The van der Waals surface area contributed by atoms with E-state index in [4.69, 9.17) is 16.3 Å². The molecule has 3 aromatic heterocycles. The highest BCUT2D eigenvalue weighted by molar-refractivity contribution is 7.93. The fourth-order valence-electron chi connectivity index (χ4n) is 4.28. The third-order valence-electron chi connectivity index (χ3n) is 6.48. The van der Waals surface area contributed by atoms with Crippen LogP contribution in [0.2, 0.25) is 5.02 Å². The maximum atomic E-state index is 13.3. The first-order chi connectivity index (χ1) is 15.7. The number of pyridine rings is 1. The predicted octanol–water partition coefficient (Wildman–Crippen LogP) is 3.33. The summed E-state index contributed by atoms with van der Waals surface area (Å²) in [4.78, 5) is 12.5. The second-order valence-electron chi connectivity index (χ2n) is 8.82. The van der Waals surface area contributed by atoms with Crippen LogP contribution in [0.4, 0.5) is 5.95 Å². The van der Waals surface area contributed by atoms with Crippen molar-refractivity contribution >= 4 is 27.6 Å². The number of anilines is 1. The Morgan fingerprint density at radius 2 is 1.94 bits per heavy atom. The van der Waals surface area contributed by atoms with E-state index in [1.165, 1.54) is 19.5 Å². The number of hydrogen-bond donors (Lipinski definition) is 1. The van der Waals surface area contributed by atoms with Gasteiger partial charge in [-0.3, -0.25) is 14.3 Å². The van der Waals surface area contributed by atoms with Gasteiger partial charge in [0.15, 0.2) is 11.6 Å². The maximum absolute atomic E-state index is 13.3. The number of rotatable bonds is 8. The van der Waals surface area contributed by atoms with E-state index in [1.807, 2.05) is 17.6 Å². The summed E-state index contributed by atoms with van der Waals surface area (Å²) in [6.07, 6.45) is 8.64. The number of nitrogens with one attached hydrogen (secondary N) is 1. The van der Waals surface area contributed by atoms with E-state index in [0.717, 1.165) is 30.4 Å². The molecule has 2 fully saturated rings. The number of methoxy groups -OCH3 is 1. The monoisotopic (exact) mass is 489 g/mol. The second-order valence-corrected chi connectivity index (χ2v) is 11.3. The van der Waals surface area contributed by atoms with Gasteiger partial charge in [-0.15, -0.1) is 10.2 Å². The Balaban J connectivity index is 1.47. The fraction of sp³-hybridized carbons (Fsp3) is 0.476. The summed E-state index contributed by atoms with van der Waals surface area (Å²) in [5.41, 5.74) is 2.03. The summed E-state index contributed by atoms with van der Waals surface area (Å²) in [6, 6.07) is 2.13. The lowest BCUT2D eigenvalue weighted by Crippen LogP contribution is -2.33. The molecule has 174 valence electrons. The molecule has 0 amide bonds. The van der Waals surface area contributed by atoms with Crippen LogP contribution < -0.4 is 4.72 Å². The largest absolute Gasteiger partial charge is 0.372 e. The van der Waals surface area contributed by atoms with E-state index in [2.05, 4.69) is 29.9 Å². The summed E-state index contributed by atoms with van der Waals surface area (Å²) >= 11 is 5.86. The second kappa shape index (κ2) is 8.00. The number of aryl methyl sites for hydroxylation is 1. The Hall–Kier alpha value is -2.63. The van der Waals surface area contributed by atoms with Gasteiger partial charge in [-0.2, -0.15) is 0 Å². The molecule has 2 aliphatic carbocycles. The molecule has 5 rings (SSSR count). The molecule has 0 aromatic carbocycles. The molecule has 3 atom stereocenters. The molecular weight excluding hydrogens is 466 g/mol. The van der Waals surface area contributed by atoms with Gasteiger partial charge in [0.1, 0.15) is 11.4 Å². The molecule has 1 N–H and O–H groups in total. The summed E-state index contributed by atoms with van der Waals surface area (Å²) < 4.78 is 36.7. The SMILES string of the molecule is CO[C@H](c1ncc(Cl)cn1)[C@H](C)S(=O)(=O)Nc1nnc(-c2cncc(C)c2)n1[C@@H]1CC12CC2. The topological polar surface area (TPSA) is 125 Å². The lowest BCUT2D eigenvalue weighted by Gasteiger charge is -2.22. The number of hydrogen-bond acceptors (Lipinski definition) is 8. The van der Waals surface area contributed by atoms with Gasteiger partial charge in [0.2, 0.25) is 16.0 Å². The van der Waals surface area contributed by atoms with Crippen LogP contribution >= 0.6 is 11.6 Å². The first-order valence-corrected chi connectivity index (χ1v) is 12.6. The number of halogens is 1. The zero-order valence-corrected chi connectivity index (χ0v) is 20.0. The Morgan fingerprint density at radius 3 is 2.55 bits per heavy atom. The fourth-order valence-corrected chi connectivity index (χ4v) is 5.51. The van der Waals surface area contributed by atoms with Crippen LogP contribution in [0.3, 0.4) is 0 Å². The van der Waals surface area contributed by atoms with E-state index in [-0.39, 0.29) is 23.2 Å². The lowest BCUT2D eigenvalue weighted by molar-refractivity contribution is 0.0950. The third-order valence-corrected chi connectivity index (χ3v) is 8.37. The average Bonchev–Trinajstić information content (AvgIpc) is 3.68. The molecule has 0 unspecified atom stereocenters. The van der Waals surface area contributed by atoms with Crippen LogP contribution in [0.1, 0.15) is 49.7 Å². The van der Waals surface area contributed by atoms with Crippen LogP contribution in [0.25, 0.3) is 11.4 Å². The van der Waals surface area contributed by atoms with Crippen LogP contribution in [0.5, 0.6) is 0 Å². The predicted molar refractivity (Wildman–Crippen MR) is 122 cm³/mol. The molecule has 1 spiro atoms. The molecule has 10 nitrogen and oxygen atoms in total. The van der Waals surface area contributed by atoms with Gasteiger partial charge in [0, 0.05) is 43.5 Å². The van der Waals surface area contributed by atoms with Crippen LogP contribution in [-0.4, -0.2) is 50.5 Å². The summed E-state index contributed by atoms with van der Waals surface area (Å²) in [5.74, 6) is 1.03. The first-order valence-electron chi connectivity index (χ1n) is 10.6. The van der Waals surface area contributed by atoms with Gasteiger partial charge >= 0.3 is 0 Å². The van der Waals surface area contributed by atoms with E-state index >= 15 is 0 Å². The van der Waals surface area contributed by atoms with Crippen LogP contribution in [0.15, 0.2) is 30.9 Å². The first kappa shape index (κ1) is 22.2. The van der Waals surface area contributed by atoms with Crippen LogP contribution in [-0.2, 0) is 14.8 Å². The van der Waals surface area contributed by atoms with Gasteiger partial charge in [-0.1, -0.05) is 11.6 Å². The Bertz CT molecular complexity index is 1290. The zero-order valence-electron chi connectivity index (χ0n) is 18.4. The molecule has 33 heavy (non-hydrogen) atoms. The molecule has 3 aromatic rings. The molecule has 12 heteroatoms. The van der Waals surface area contributed by atoms with Gasteiger partial charge in [-0.25, -0.2) is 18.4 Å². The Labute approximate surface area is 196 Å². The number of nitrogens with zero attached hydrogens (tertiary/aromatic N) is 6. The van der Waals surface area contributed by atoms with Crippen molar-refractivity contribution in [2.75, 3.05) is 11.8 Å². The van der Waals surface area contributed by atoms with Crippen molar-refractivity contribution in [2.45, 2.75) is 50.5 Å². The van der Waals surface area contributed by atoms with Gasteiger partial charge in [0.05, 0.1) is 5.02 Å².